The molecular formula is C18H21N5O2. The molecule has 2 atom stereocenters. The van der Waals surface area contributed by atoms with Gasteiger partial charge in [-0.2, -0.15) is 0 Å². The summed E-state index contributed by atoms with van der Waals surface area (Å²) in [4.78, 5) is 27.2. The fourth-order valence-corrected chi connectivity index (χ4v) is 3.68. The third kappa shape index (κ3) is 3.46. The highest BCUT2D eigenvalue weighted by molar-refractivity contribution is 5.94. The van der Waals surface area contributed by atoms with Gasteiger partial charge in [0.2, 0.25) is 5.95 Å². The molecule has 2 saturated heterocycles. The van der Waals surface area contributed by atoms with E-state index < -0.39 is 0 Å². The molecule has 0 aliphatic carbocycles. The van der Waals surface area contributed by atoms with Gasteiger partial charge in [0.1, 0.15) is 0 Å². The number of amides is 1. The van der Waals surface area contributed by atoms with Crippen molar-refractivity contribution in [3.8, 4) is 0 Å². The third-order valence-corrected chi connectivity index (χ3v) is 4.92. The summed E-state index contributed by atoms with van der Waals surface area (Å²) in [5, 5.41) is 3.14. The Hall–Kier alpha value is -2.54. The largest absolute Gasteiger partial charge is 0.373 e. The van der Waals surface area contributed by atoms with Crippen LogP contribution in [0.15, 0.2) is 43.0 Å². The first-order valence-electron chi connectivity index (χ1n) is 8.61. The van der Waals surface area contributed by atoms with Gasteiger partial charge in [-0.05, 0) is 37.5 Å². The molecule has 4 heterocycles. The molecule has 0 unspecified atom stereocenters. The van der Waals surface area contributed by atoms with E-state index in [-0.39, 0.29) is 17.6 Å². The van der Waals surface area contributed by atoms with E-state index in [4.69, 9.17) is 4.74 Å². The van der Waals surface area contributed by atoms with E-state index >= 15 is 0 Å². The maximum absolute atomic E-state index is 12.4. The number of rotatable bonds is 3. The molecule has 0 radical (unpaired) electrons. The minimum atomic E-state index is -0.229. The van der Waals surface area contributed by atoms with Gasteiger partial charge in [0.15, 0.2) is 0 Å². The van der Waals surface area contributed by atoms with Crippen molar-refractivity contribution in [1.29, 1.82) is 0 Å². The average molecular weight is 339 g/mol. The number of nitrogens with zero attached hydrogens (tertiary/aromatic N) is 4. The fourth-order valence-electron chi connectivity index (χ4n) is 3.68. The number of hydrogen-bond donors (Lipinski definition) is 1. The van der Waals surface area contributed by atoms with Crippen molar-refractivity contribution in [3.63, 3.8) is 0 Å². The molecule has 130 valence electrons. The Morgan fingerprint density at radius 1 is 1.24 bits per heavy atom. The highest BCUT2D eigenvalue weighted by Gasteiger charge is 2.44. The molecule has 1 amide bonds. The van der Waals surface area contributed by atoms with Crippen LogP contribution in [-0.4, -0.2) is 52.2 Å². The first-order chi connectivity index (χ1) is 12.2. The minimum absolute atomic E-state index is 0.0503. The van der Waals surface area contributed by atoms with Gasteiger partial charge in [-0.25, -0.2) is 9.97 Å². The first-order valence-corrected chi connectivity index (χ1v) is 8.61. The van der Waals surface area contributed by atoms with Crippen LogP contribution >= 0.6 is 0 Å². The number of ether oxygens (including phenoxy) is 1. The van der Waals surface area contributed by atoms with Gasteiger partial charge in [-0.1, -0.05) is 0 Å². The highest BCUT2D eigenvalue weighted by Crippen LogP contribution is 2.35. The van der Waals surface area contributed by atoms with Crippen molar-refractivity contribution in [2.45, 2.75) is 30.9 Å². The Morgan fingerprint density at radius 3 is 2.84 bits per heavy atom. The van der Waals surface area contributed by atoms with Crippen molar-refractivity contribution in [2.75, 3.05) is 24.6 Å². The predicted molar refractivity (Wildman–Crippen MR) is 92.3 cm³/mol. The zero-order chi connectivity index (χ0) is 17.1. The molecule has 2 fully saturated rings. The summed E-state index contributed by atoms with van der Waals surface area (Å²) >= 11 is 0. The van der Waals surface area contributed by atoms with Crippen molar-refractivity contribution >= 4 is 11.9 Å². The van der Waals surface area contributed by atoms with Crippen LogP contribution in [0.3, 0.4) is 0 Å². The minimum Gasteiger partial charge on any atom is -0.373 e. The summed E-state index contributed by atoms with van der Waals surface area (Å²) in [7, 11) is 0. The maximum atomic E-state index is 12.4. The van der Waals surface area contributed by atoms with Crippen LogP contribution < -0.4 is 10.2 Å². The Balaban J connectivity index is 1.40. The molecule has 0 aromatic carbocycles. The molecule has 0 saturated carbocycles. The molecule has 0 bridgehead atoms. The lowest BCUT2D eigenvalue weighted by Gasteiger charge is -2.38. The van der Waals surface area contributed by atoms with Crippen LogP contribution in [0.5, 0.6) is 0 Å². The van der Waals surface area contributed by atoms with Crippen LogP contribution in [0.25, 0.3) is 0 Å². The number of aromatic nitrogens is 3. The van der Waals surface area contributed by atoms with Crippen molar-refractivity contribution < 1.29 is 9.53 Å². The number of pyridine rings is 1. The lowest BCUT2D eigenvalue weighted by atomic mass is 9.89. The van der Waals surface area contributed by atoms with Gasteiger partial charge in [0, 0.05) is 49.5 Å². The molecule has 2 aromatic heterocycles. The SMILES string of the molecule is O=C(N[C@H]1CCO[C@@]2(CCN(c3ncccn3)C2)C1)c1ccncc1. The predicted octanol–water partition coefficient (Wildman–Crippen LogP) is 1.43. The Morgan fingerprint density at radius 2 is 2.04 bits per heavy atom. The van der Waals surface area contributed by atoms with Gasteiger partial charge in [-0.15, -0.1) is 0 Å². The van der Waals surface area contributed by atoms with E-state index in [0.717, 1.165) is 38.3 Å². The average Bonchev–Trinajstić information content (AvgIpc) is 3.06. The normalized spacial score (nSPS) is 25.9. The van der Waals surface area contributed by atoms with Crippen LogP contribution in [0.4, 0.5) is 5.95 Å². The second kappa shape index (κ2) is 6.76. The van der Waals surface area contributed by atoms with Gasteiger partial charge >= 0.3 is 0 Å². The summed E-state index contributed by atoms with van der Waals surface area (Å²) in [5.41, 5.74) is 0.412. The number of carbonyl (C=O) groups is 1. The first kappa shape index (κ1) is 16.0. The number of hydrogen-bond acceptors (Lipinski definition) is 6. The molecule has 1 spiro atoms. The summed E-state index contributed by atoms with van der Waals surface area (Å²) < 4.78 is 6.14. The number of anilines is 1. The zero-order valence-electron chi connectivity index (χ0n) is 14.0. The van der Waals surface area contributed by atoms with Crippen LogP contribution in [-0.2, 0) is 4.74 Å². The Labute approximate surface area is 146 Å². The third-order valence-electron chi connectivity index (χ3n) is 4.92. The molecule has 2 aliphatic heterocycles. The smallest absolute Gasteiger partial charge is 0.251 e. The number of nitrogens with one attached hydrogen (secondary N) is 1. The molecule has 25 heavy (non-hydrogen) atoms. The summed E-state index contributed by atoms with van der Waals surface area (Å²) in [6.45, 7) is 2.29. The Bertz CT molecular complexity index is 727. The van der Waals surface area contributed by atoms with Crippen molar-refractivity contribution in [1.82, 2.24) is 20.3 Å². The molecule has 7 nitrogen and oxygen atoms in total. The van der Waals surface area contributed by atoms with Crippen LogP contribution in [0, 0.1) is 0 Å². The van der Waals surface area contributed by atoms with Crippen LogP contribution in [0.1, 0.15) is 29.6 Å². The molecule has 4 rings (SSSR count). The van der Waals surface area contributed by atoms with Crippen molar-refractivity contribution in [3.05, 3.63) is 48.5 Å². The van der Waals surface area contributed by atoms with Gasteiger partial charge in [-0.3, -0.25) is 9.78 Å². The van der Waals surface area contributed by atoms with Gasteiger partial charge in [0.25, 0.3) is 5.91 Å². The van der Waals surface area contributed by atoms with E-state index in [2.05, 4.69) is 25.2 Å². The molecule has 2 aliphatic rings. The lowest BCUT2D eigenvalue weighted by Crippen LogP contribution is -2.50. The quantitative estimate of drug-likeness (QED) is 0.911. The van der Waals surface area contributed by atoms with E-state index in [1.54, 1.807) is 36.9 Å². The molecular weight excluding hydrogens is 318 g/mol. The van der Waals surface area contributed by atoms with Gasteiger partial charge in [0.05, 0.1) is 12.1 Å². The Kier molecular flexibility index (Phi) is 4.31. The number of carbonyl (C=O) groups excluding carboxylic acids is 1. The summed E-state index contributed by atoms with van der Waals surface area (Å²) in [5.74, 6) is 0.691. The molecule has 1 N–H and O–H groups in total. The van der Waals surface area contributed by atoms with Crippen molar-refractivity contribution in [2.24, 2.45) is 0 Å². The second-order valence-corrected chi connectivity index (χ2v) is 6.65. The van der Waals surface area contributed by atoms with Crippen LogP contribution in [0.2, 0.25) is 0 Å². The standard InChI is InChI=1S/C18H21N5O2/c24-16(14-2-8-19-9-3-14)22-15-4-11-25-18(12-15)5-10-23(13-18)17-20-6-1-7-21-17/h1-3,6-9,15H,4-5,10-13H2,(H,22,24)/t15-,18-/m0/s1. The summed E-state index contributed by atoms with van der Waals surface area (Å²) in [6, 6.07) is 5.39. The van der Waals surface area contributed by atoms with E-state index in [9.17, 15) is 4.79 Å². The lowest BCUT2D eigenvalue weighted by molar-refractivity contribution is -0.0721. The molecule has 7 heteroatoms. The summed E-state index contributed by atoms with van der Waals surface area (Å²) in [6.07, 6.45) is 9.35. The molecule has 2 aromatic rings. The van der Waals surface area contributed by atoms with E-state index in [1.807, 2.05) is 6.07 Å². The van der Waals surface area contributed by atoms with E-state index in [1.165, 1.54) is 0 Å². The monoisotopic (exact) mass is 339 g/mol. The topological polar surface area (TPSA) is 80.2 Å². The zero-order valence-corrected chi connectivity index (χ0v) is 14.0. The van der Waals surface area contributed by atoms with E-state index in [0.29, 0.717) is 12.2 Å². The highest BCUT2D eigenvalue weighted by atomic mass is 16.5. The maximum Gasteiger partial charge on any atom is 0.251 e. The second-order valence-electron chi connectivity index (χ2n) is 6.65. The van der Waals surface area contributed by atoms with Gasteiger partial charge < -0.3 is 15.0 Å². The fraction of sp³-hybridized carbons (Fsp3) is 0.444.